The maximum atomic E-state index is 13.8. The standard InChI is InChI=1S/C30H37ClN14O2/c1-18-5-7-19(8-6-18)9-13-43-14-10-20-21(3-2-4-22(20)43)28(47)44-15-11-30(12-16-44)17-45(34)29(38-30)37-27(46)23-25(39-41-32)36-26(40-42-33)24(31)35-23/h2-8,10,14,23,25,35-36H,9,11-13,15-17,34H2,1H3,(H2,32,39)(H2,33,40)(H,37,38,46). The summed E-state index contributed by atoms with van der Waals surface area (Å²) in [5.41, 5.74) is 3.67. The van der Waals surface area contributed by atoms with Crippen molar-refractivity contribution in [3.8, 4) is 0 Å². The van der Waals surface area contributed by atoms with Gasteiger partial charge in [0.25, 0.3) is 11.8 Å². The van der Waals surface area contributed by atoms with Crippen molar-refractivity contribution in [3.05, 3.63) is 82.4 Å². The molecule has 47 heavy (non-hydrogen) atoms. The number of aryl methyl sites for hydroxylation is 3. The van der Waals surface area contributed by atoms with Crippen LogP contribution in [0.25, 0.3) is 10.9 Å². The number of guanidine groups is 1. The molecule has 3 aliphatic rings. The summed E-state index contributed by atoms with van der Waals surface area (Å²) in [5, 5.41) is 24.7. The van der Waals surface area contributed by atoms with Gasteiger partial charge in [-0.1, -0.05) is 57.9 Å². The van der Waals surface area contributed by atoms with Crippen LogP contribution in [0.1, 0.15) is 34.3 Å². The Labute approximate surface area is 275 Å². The van der Waals surface area contributed by atoms with Gasteiger partial charge in [0.1, 0.15) is 11.2 Å². The fraction of sp³-hybridized carbons (Fsp3) is 0.367. The number of hydrazine groups is 1. The van der Waals surface area contributed by atoms with Crippen molar-refractivity contribution in [3.63, 3.8) is 0 Å². The minimum atomic E-state index is -1.03. The number of piperidine rings is 1. The van der Waals surface area contributed by atoms with E-state index in [0.717, 1.165) is 23.9 Å². The molecule has 2 atom stereocenters. The van der Waals surface area contributed by atoms with E-state index in [2.05, 4.69) is 78.4 Å². The van der Waals surface area contributed by atoms with E-state index in [9.17, 15) is 9.59 Å². The van der Waals surface area contributed by atoms with Crippen LogP contribution in [0, 0.1) is 6.92 Å². The Morgan fingerprint density at radius 3 is 2.57 bits per heavy atom. The first kappa shape index (κ1) is 31.7. The Morgan fingerprint density at radius 2 is 1.85 bits per heavy atom. The summed E-state index contributed by atoms with van der Waals surface area (Å²) >= 11 is 6.20. The normalized spacial score (nSPS) is 21.0. The van der Waals surface area contributed by atoms with Crippen LogP contribution in [0.15, 0.2) is 91.4 Å². The molecule has 0 aliphatic carbocycles. The topological polar surface area (TPSA) is 222 Å². The van der Waals surface area contributed by atoms with Crippen molar-refractivity contribution in [2.45, 2.75) is 50.5 Å². The zero-order chi connectivity index (χ0) is 33.1. The minimum absolute atomic E-state index is 0.00352. The highest BCUT2D eigenvalue weighted by molar-refractivity contribution is 6.29. The highest BCUT2D eigenvalue weighted by atomic mass is 35.5. The Hall–Kier alpha value is -5.22. The minimum Gasteiger partial charge on any atom is -0.358 e. The molecular weight excluding hydrogens is 624 g/mol. The number of likely N-dealkylation sites (tertiary alicyclic amines) is 1. The van der Waals surface area contributed by atoms with Gasteiger partial charge < -0.3 is 31.8 Å². The average Bonchev–Trinajstić information content (AvgIpc) is 3.62. The molecule has 3 aliphatic heterocycles. The molecule has 1 spiro atoms. The van der Waals surface area contributed by atoms with Gasteiger partial charge in [-0.05, 0) is 49.9 Å². The molecule has 6 rings (SSSR count). The molecule has 1 saturated heterocycles. The van der Waals surface area contributed by atoms with E-state index < -0.39 is 23.7 Å². The van der Waals surface area contributed by atoms with Gasteiger partial charge in [0.2, 0.25) is 5.96 Å². The summed E-state index contributed by atoms with van der Waals surface area (Å²) in [6.07, 6.45) is 3.14. The molecule has 2 amide bonds. The smallest absolute Gasteiger partial charge is 0.254 e. The predicted molar refractivity (Wildman–Crippen MR) is 176 cm³/mol. The van der Waals surface area contributed by atoms with Crippen molar-refractivity contribution in [2.24, 2.45) is 43.2 Å². The summed E-state index contributed by atoms with van der Waals surface area (Å²) < 4.78 is 2.20. The van der Waals surface area contributed by atoms with E-state index in [0.29, 0.717) is 38.0 Å². The summed E-state index contributed by atoms with van der Waals surface area (Å²) in [7, 11) is 0. The molecule has 2 aromatic carbocycles. The highest BCUT2D eigenvalue weighted by Gasteiger charge is 2.44. The molecular formula is C30H37ClN14O2. The van der Waals surface area contributed by atoms with E-state index in [-0.39, 0.29) is 22.8 Å². The Morgan fingerprint density at radius 1 is 1.09 bits per heavy atom. The van der Waals surface area contributed by atoms with Gasteiger partial charge in [0, 0.05) is 42.3 Å². The van der Waals surface area contributed by atoms with Gasteiger partial charge in [-0.25, -0.2) is 10.8 Å². The fourth-order valence-corrected chi connectivity index (χ4v) is 6.47. The molecule has 0 bridgehead atoms. The average molecular weight is 661 g/mol. The lowest BCUT2D eigenvalue weighted by Gasteiger charge is -2.37. The molecule has 0 radical (unpaired) electrons. The SMILES string of the molecule is Cc1ccc(CCn2ccc3c(C(=O)N4CCC5(CC4)CN(N)C(NC(=O)C4NC(Cl)=C(N=NN)NC4N=NN)=N5)cccc32)cc1. The number of aliphatic imine (C=N–C) groups is 1. The van der Waals surface area contributed by atoms with Crippen molar-refractivity contribution in [1.82, 2.24) is 30.4 Å². The van der Waals surface area contributed by atoms with Gasteiger partial charge in [-0.2, -0.15) is 0 Å². The lowest BCUT2D eigenvalue weighted by atomic mass is 9.88. The van der Waals surface area contributed by atoms with E-state index in [4.69, 9.17) is 34.1 Å². The van der Waals surface area contributed by atoms with Crippen LogP contribution >= 0.6 is 11.6 Å². The molecule has 0 saturated carbocycles. The molecule has 2 unspecified atom stereocenters. The van der Waals surface area contributed by atoms with Crippen LogP contribution < -0.4 is 33.5 Å². The van der Waals surface area contributed by atoms with Gasteiger partial charge in [0.05, 0.1) is 12.1 Å². The molecule has 1 fully saturated rings. The van der Waals surface area contributed by atoms with Crippen LogP contribution in [0.3, 0.4) is 0 Å². The second kappa shape index (κ2) is 13.3. The molecule has 16 nitrogen and oxygen atoms in total. The van der Waals surface area contributed by atoms with Crippen molar-refractivity contribution in [1.29, 1.82) is 0 Å². The van der Waals surface area contributed by atoms with Crippen LogP contribution in [0.4, 0.5) is 0 Å². The Balaban J connectivity index is 1.10. The lowest BCUT2D eigenvalue weighted by molar-refractivity contribution is -0.122. The largest absolute Gasteiger partial charge is 0.358 e. The van der Waals surface area contributed by atoms with E-state index in [1.54, 1.807) is 0 Å². The highest BCUT2D eigenvalue weighted by Crippen LogP contribution is 2.32. The summed E-state index contributed by atoms with van der Waals surface area (Å²) in [5.74, 6) is 16.4. The quantitative estimate of drug-likeness (QED) is 0.0945. The predicted octanol–water partition coefficient (Wildman–Crippen LogP) is 1.73. The number of carbonyl (C=O) groups excluding carboxylic acids is 2. The number of carbonyl (C=O) groups is 2. The van der Waals surface area contributed by atoms with Gasteiger partial charge in [-0.15, -0.1) is 10.2 Å². The number of amides is 2. The van der Waals surface area contributed by atoms with E-state index >= 15 is 0 Å². The number of aromatic nitrogens is 1. The number of nitrogens with zero attached hydrogens (tertiary/aromatic N) is 8. The Kier molecular flexibility index (Phi) is 8.95. The second-order valence-electron chi connectivity index (χ2n) is 11.9. The van der Waals surface area contributed by atoms with Crippen LogP contribution in [0.2, 0.25) is 0 Å². The maximum absolute atomic E-state index is 13.8. The first-order chi connectivity index (χ1) is 22.7. The molecule has 246 valence electrons. The molecule has 17 heteroatoms. The summed E-state index contributed by atoms with van der Waals surface area (Å²) in [6, 6.07) is 15.4. The number of nitrogens with one attached hydrogen (secondary N) is 3. The van der Waals surface area contributed by atoms with Gasteiger partial charge in [0.15, 0.2) is 12.0 Å². The van der Waals surface area contributed by atoms with Crippen molar-refractivity contribution in [2.75, 3.05) is 19.6 Å². The monoisotopic (exact) mass is 660 g/mol. The maximum Gasteiger partial charge on any atom is 0.254 e. The van der Waals surface area contributed by atoms with Crippen LogP contribution in [-0.4, -0.2) is 69.6 Å². The van der Waals surface area contributed by atoms with Crippen LogP contribution in [-0.2, 0) is 17.8 Å². The number of hydrogen-bond donors (Lipinski definition) is 6. The summed E-state index contributed by atoms with van der Waals surface area (Å²) in [6.45, 7) is 4.27. The number of halogens is 1. The number of fused-ring (bicyclic) bond motifs is 1. The lowest BCUT2D eigenvalue weighted by Crippen LogP contribution is -2.60. The third kappa shape index (κ3) is 6.55. The van der Waals surface area contributed by atoms with Crippen molar-refractivity contribution >= 4 is 40.3 Å². The van der Waals surface area contributed by atoms with E-state index in [1.807, 2.05) is 29.3 Å². The first-order valence-corrected chi connectivity index (χ1v) is 15.6. The zero-order valence-corrected chi connectivity index (χ0v) is 26.6. The van der Waals surface area contributed by atoms with Gasteiger partial charge >= 0.3 is 0 Å². The number of benzene rings is 2. The third-order valence-electron chi connectivity index (χ3n) is 8.82. The zero-order valence-electron chi connectivity index (χ0n) is 25.8. The Bertz CT molecular complexity index is 1770. The molecule has 4 heterocycles. The third-order valence-corrected chi connectivity index (χ3v) is 9.11. The van der Waals surface area contributed by atoms with Crippen LogP contribution in [0.5, 0.6) is 0 Å². The molecule has 9 N–H and O–H groups in total. The number of nitrogens with two attached hydrogens (primary N) is 3. The number of rotatable bonds is 7. The molecule has 3 aromatic rings. The van der Waals surface area contributed by atoms with E-state index in [1.165, 1.54) is 16.1 Å². The first-order valence-electron chi connectivity index (χ1n) is 15.2. The molecule has 1 aromatic heterocycles. The summed E-state index contributed by atoms with van der Waals surface area (Å²) in [4.78, 5) is 33.7. The van der Waals surface area contributed by atoms with Crippen molar-refractivity contribution < 1.29 is 9.59 Å². The van der Waals surface area contributed by atoms with Gasteiger partial charge in [-0.3, -0.25) is 19.9 Å². The number of hydrogen-bond acceptors (Lipinski definition) is 11. The second-order valence-corrected chi connectivity index (χ2v) is 12.3. The fourth-order valence-electron chi connectivity index (χ4n) is 6.26.